The Kier molecular flexibility index (Phi) is 5.09. The zero-order chi connectivity index (χ0) is 10.9. The number of allylic oxidation sites excluding steroid dienone is 5. The fourth-order valence-corrected chi connectivity index (χ4v) is 1.20. The Balaban J connectivity index is 2.93. The predicted molar refractivity (Wildman–Crippen MR) is 67.4 cm³/mol. The van der Waals surface area contributed by atoms with Crippen molar-refractivity contribution in [3.63, 3.8) is 0 Å². The van der Waals surface area contributed by atoms with E-state index < -0.39 is 0 Å². The van der Waals surface area contributed by atoms with Gasteiger partial charge in [0.05, 0.1) is 11.4 Å². The van der Waals surface area contributed by atoms with E-state index in [4.69, 9.17) is 0 Å². The van der Waals surface area contributed by atoms with E-state index in [9.17, 15) is 0 Å². The average molecular weight is 200 g/mol. The van der Waals surface area contributed by atoms with Gasteiger partial charge in [-0.2, -0.15) is 0 Å². The highest BCUT2D eigenvalue weighted by Gasteiger charge is 2.00. The molecule has 0 N–H and O–H groups in total. The second-order valence-corrected chi connectivity index (χ2v) is 3.05. The molecule has 1 heterocycles. The van der Waals surface area contributed by atoms with E-state index in [-0.39, 0.29) is 0 Å². The van der Waals surface area contributed by atoms with E-state index in [0.29, 0.717) is 0 Å². The van der Waals surface area contributed by atoms with Crippen LogP contribution in [0, 0.1) is 0 Å². The van der Waals surface area contributed by atoms with E-state index in [2.05, 4.69) is 35.6 Å². The lowest BCUT2D eigenvalue weighted by molar-refractivity contribution is 1.19. The molecule has 0 fully saturated rings. The summed E-state index contributed by atoms with van der Waals surface area (Å²) in [7, 11) is 0. The van der Waals surface area contributed by atoms with Gasteiger partial charge in [0.1, 0.15) is 0 Å². The van der Waals surface area contributed by atoms with E-state index in [1.165, 1.54) is 0 Å². The molecule has 0 aromatic rings. The fraction of sp³-hybridized carbons (Fsp3) is 0.231. The summed E-state index contributed by atoms with van der Waals surface area (Å²) >= 11 is 0. The first-order valence-electron chi connectivity index (χ1n) is 5.13. The van der Waals surface area contributed by atoms with E-state index in [1.807, 2.05) is 18.4 Å². The molecule has 0 unspecified atom stereocenters. The Morgan fingerprint density at radius 2 is 2.47 bits per heavy atom. The van der Waals surface area contributed by atoms with Crippen LogP contribution >= 0.6 is 0 Å². The molecule has 0 radical (unpaired) electrons. The van der Waals surface area contributed by atoms with Crippen molar-refractivity contribution in [2.75, 3.05) is 0 Å². The summed E-state index contributed by atoms with van der Waals surface area (Å²) in [5, 5.41) is 0. The van der Waals surface area contributed by atoms with E-state index in [0.717, 1.165) is 24.3 Å². The molecule has 2 heteroatoms. The molecule has 0 bridgehead atoms. The Labute approximate surface area is 91.1 Å². The molecule has 1 aliphatic heterocycles. The van der Waals surface area contributed by atoms with Crippen LogP contribution in [0.25, 0.3) is 0 Å². The second kappa shape index (κ2) is 6.71. The van der Waals surface area contributed by atoms with Gasteiger partial charge in [0.25, 0.3) is 0 Å². The summed E-state index contributed by atoms with van der Waals surface area (Å²) in [6, 6.07) is 0. The summed E-state index contributed by atoms with van der Waals surface area (Å²) < 4.78 is 0. The van der Waals surface area contributed by atoms with Crippen LogP contribution in [0.2, 0.25) is 0 Å². The van der Waals surface area contributed by atoms with Gasteiger partial charge in [-0.05, 0) is 18.9 Å². The zero-order valence-electron chi connectivity index (χ0n) is 9.06. The van der Waals surface area contributed by atoms with Crippen LogP contribution in [-0.4, -0.2) is 11.9 Å². The van der Waals surface area contributed by atoms with E-state index in [1.54, 1.807) is 12.3 Å². The van der Waals surface area contributed by atoms with Gasteiger partial charge in [0.2, 0.25) is 0 Å². The van der Waals surface area contributed by atoms with Crippen molar-refractivity contribution in [2.24, 2.45) is 9.98 Å². The highest BCUT2D eigenvalue weighted by atomic mass is 14.8. The van der Waals surface area contributed by atoms with E-state index >= 15 is 0 Å². The van der Waals surface area contributed by atoms with Gasteiger partial charge >= 0.3 is 0 Å². The van der Waals surface area contributed by atoms with Crippen molar-refractivity contribution in [1.82, 2.24) is 0 Å². The zero-order valence-corrected chi connectivity index (χ0v) is 9.06. The molecule has 15 heavy (non-hydrogen) atoms. The normalized spacial score (nSPS) is 16.6. The van der Waals surface area contributed by atoms with Crippen LogP contribution in [0.4, 0.5) is 0 Å². The van der Waals surface area contributed by atoms with Gasteiger partial charge in [-0.3, -0.25) is 9.98 Å². The molecule has 1 aliphatic rings. The Morgan fingerprint density at radius 3 is 3.20 bits per heavy atom. The van der Waals surface area contributed by atoms with Gasteiger partial charge in [-0.1, -0.05) is 37.8 Å². The summed E-state index contributed by atoms with van der Waals surface area (Å²) in [5.41, 5.74) is 1.81. The first kappa shape index (κ1) is 11.4. The minimum absolute atomic E-state index is 0.903. The molecule has 0 aromatic heterocycles. The van der Waals surface area contributed by atoms with Gasteiger partial charge in [0, 0.05) is 12.4 Å². The van der Waals surface area contributed by atoms with Gasteiger partial charge in [-0.25, -0.2) is 0 Å². The van der Waals surface area contributed by atoms with Crippen LogP contribution < -0.4 is 0 Å². The van der Waals surface area contributed by atoms with Crippen LogP contribution in [0.3, 0.4) is 0 Å². The molecule has 0 aliphatic carbocycles. The summed E-state index contributed by atoms with van der Waals surface area (Å²) in [6.45, 7) is 5.69. The second-order valence-electron chi connectivity index (χ2n) is 3.05. The lowest BCUT2D eigenvalue weighted by Crippen LogP contribution is -1.96. The minimum atomic E-state index is 0.903. The molecule has 0 spiro atoms. The molecule has 78 valence electrons. The van der Waals surface area contributed by atoms with Crippen molar-refractivity contribution in [3.8, 4) is 0 Å². The van der Waals surface area contributed by atoms with Crippen LogP contribution in [0.5, 0.6) is 0 Å². The maximum atomic E-state index is 4.33. The number of nitrogens with zero attached hydrogens (tertiary/aromatic N) is 2. The fourth-order valence-electron chi connectivity index (χ4n) is 1.20. The van der Waals surface area contributed by atoms with Crippen molar-refractivity contribution in [2.45, 2.75) is 19.8 Å². The van der Waals surface area contributed by atoms with Gasteiger partial charge in [0.15, 0.2) is 0 Å². The third-order valence-electron chi connectivity index (χ3n) is 1.85. The van der Waals surface area contributed by atoms with Crippen molar-refractivity contribution < 1.29 is 0 Å². The number of rotatable bonds is 4. The maximum Gasteiger partial charge on any atom is 0.0879 e. The molecule has 0 amide bonds. The van der Waals surface area contributed by atoms with Crippen LogP contribution in [0.15, 0.2) is 58.8 Å². The molecular formula is C13H16N2. The third kappa shape index (κ3) is 3.90. The third-order valence-corrected chi connectivity index (χ3v) is 1.85. The highest BCUT2D eigenvalue weighted by Crippen LogP contribution is 2.07. The Hall–Kier alpha value is -1.70. The monoisotopic (exact) mass is 200 g/mol. The summed E-state index contributed by atoms with van der Waals surface area (Å²) in [6.07, 6.45) is 15.2. The number of aliphatic imine (C=N–C) groups is 2. The SMILES string of the molecule is C=C/C=N\C(=C/CC)C1=NC=CCC=C1. The molecule has 0 saturated carbocycles. The van der Waals surface area contributed by atoms with Crippen LogP contribution in [0.1, 0.15) is 19.8 Å². The molecule has 0 atom stereocenters. The average Bonchev–Trinajstić information content (AvgIpc) is 2.52. The Morgan fingerprint density at radius 1 is 1.60 bits per heavy atom. The molecule has 2 nitrogen and oxygen atoms in total. The largest absolute Gasteiger partial charge is 0.255 e. The minimum Gasteiger partial charge on any atom is -0.255 e. The molecule has 0 saturated heterocycles. The maximum absolute atomic E-state index is 4.33. The predicted octanol–water partition coefficient (Wildman–Crippen LogP) is 3.45. The molecule has 1 rings (SSSR count). The summed E-state index contributed by atoms with van der Waals surface area (Å²) in [5.74, 6) is 0. The Bertz CT molecular complexity index is 355. The smallest absolute Gasteiger partial charge is 0.0879 e. The first-order chi connectivity index (χ1) is 7.38. The lowest BCUT2D eigenvalue weighted by atomic mass is 10.2. The number of hydrogen-bond donors (Lipinski definition) is 0. The van der Waals surface area contributed by atoms with Crippen molar-refractivity contribution >= 4 is 11.9 Å². The number of hydrogen-bond acceptors (Lipinski definition) is 2. The lowest BCUT2D eigenvalue weighted by Gasteiger charge is -1.99. The first-order valence-corrected chi connectivity index (χ1v) is 5.13. The van der Waals surface area contributed by atoms with Crippen molar-refractivity contribution in [1.29, 1.82) is 0 Å². The molecule has 0 aromatic carbocycles. The molecular weight excluding hydrogens is 184 g/mol. The highest BCUT2D eigenvalue weighted by molar-refractivity contribution is 6.09. The van der Waals surface area contributed by atoms with Crippen LogP contribution in [-0.2, 0) is 0 Å². The van der Waals surface area contributed by atoms with Crippen molar-refractivity contribution in [3.05, 3.63) is 48.9 Å². The van der Waals surface area contributed by atoms with Gasteiger partial charge in [-0.15, -0.1) is 0 Å². The standard InChI is InChI=1S/C13H16N2/c1-3-8-12(14-10-4-2)13-9-6-5-7-11-15-13/h4,6-11H,2-3,5H2,1H3/b12-8-,14-10-. The summed E-state index contributed by atoms with van der Waals surface area (Å²) in [4.78, 5) is 8.63. The van der Waals surface area contributed by atoms with Gasteiger partial charge < -0.3 is 0 Å². The quantitative estimate of drug-likeness (QED) is 0.621. The topological polar surface area (TPSA) is 24.7 Å².